The largest absolute Gasteiger partial charge is 0.309 e. The smallest absolute Gasteiger partial charge is 0.116 e. The number of para-hydroxylation sites is 4. The molecule has 0 atom stereocenters. The minimum atomic E-state index is 0.890. The Kier molecular flexibility index (Phi) is 6.42. The third kappa shape index (κ3) is 4.12. The molecule has 0 saturated carbocycles. The number of fused-ring (bicyclic) bond motifs is 6. The zero-order valence-corrected chi connectivity index (χ0v) is 24.4. The van der Waals surface area contributed by atoms with Crippen LogP contribution in [0.15, 0.2) is 143 Å². The fourth-order valence-corrected chi connectivity index (χ4v) is 6.52. The van der Waals surface area contributed by atoms with Gasteiger partial charge in [0.25, 0.3) is 0 Å². The van der Waals surface area contributed by atoms with Gasteiger partial charge in [-0.15, -0.1) is 0 Å². The zero-order chi connectivity index (χ0) is 27.1. The van der Waals surface area contributed by atoms with Crippen molar-refractivity contribution >= 4 is 75.5 Å². The lowest BCUT2D eigenvalue weighted by atomic mass is 10.2. The van der Waals surface area contributed by atoms with Crippen LogP contribution in [0.5, 0.6) is 0 Å². The molecule has 8 rings (SSSR count). The van der Waals surface area contributed by atoms with Crippen molar-refractivity contribution in [3.63, 3.8) is 0 Å². The summed E-state index contributed by atoms with van der Waals surface area (Å²) in [5, 5.41) is 4.82. The van der Waals surface area contributed by atoms with Gasteiger partial charge in [-0.05, 0) is 74.3 Å². The second kappa shape index (κ2) is 10.4. The fourth-order valence-electron chi connectivity index (χ4n) is 5.45. The third-order valence-electron chi connectivity index (χ3n) is 7.10. The molecular weight excluding hydrogens is 624 g/mol. The van der Waals surface area contributed by atoms with Crippen molar-refractivity contribution in [2.45, 2.75) is 0 Å². The van der Waals surface area contributed by atoms with Crippen LogP contribution in [0.4, 0.5) is 0 Å². The second-order valence-electron chi connectivity index (χ2n) is 9.39. The Morgan fingerprint density at radius 1 is 0.475 bits per heavy atom. The first-order chi connectivity index (χ1) is 19.7. The molecule has 40 heavy (non-hydrogen) atoms. The molecule has 0 aliphatic rings. The van der Waals surface area contributed by atoms with Gasteiger partial charge in [0.2, 0.25) is 0 Å². The number of benzene rings is 4. The average molecular weight is 646 g/mol. The van der Waals surface area contributed by atoms with Crippen molar-refractivity contribution in [3.8, 4) is 11.4 Å². The van der Waals surface area contributed by atoms with Gasteiger partial charge >= 0.3 is 0 Å². The van der Waals surface area contributed by atoms with E-state index in [0.717, 1.165) is 31.4 Å². The van der Waals surface area contributed by atoms with Crippen LogP contribution in [-0.2, 0) is 0 Å². The number of halogens is 2. The fraction of sp³-hybridized carbons (Fsp3) is 0. The van der Waals surface area contributed by atoms with E-state index in [1.54, 1.807) is 0 Å². The number of pyridine rings is 2. The van der Waals surface area contributed by atoms with Gasteiger partial charge < -0.3 is 9.13 Å². The zero-order valence-electron chi connectivity index (χ0n) is 21.2. The highest BCUT2D eigenvalue weighted by atomic mass is 79.9. The van der Waals surface area contributed by atoms with Crippen LogP contribution in [0.2, 0.25) is 0 Å². The van der Waals surface area contributed by atoms with Crippen molar-refractivity contribution in [2.24, 2.45) is 0 Å². The molecule has 4 aromatic heterocycles. The van der Waals surface area contributed by atoms with Gasteiger partial charge in [-0.3, -0.25) is 4.98 Å². The maximum Gasteiger partial charge on any atom is 0.116 e. The van der Waals surface area contributed by atoms with E-state index in [4.69, 9.17) is 0 Å². The molecule has 4 aromatic carbocycles. The number of nitrogens with zero attached hydrogens (tertiary/aromatic N) is 4. The van der Waals surface area contributed by atoms with Crippen molar-refractivity contribution in [2.75, 3.05) is 0 Å². The first-order valence-electron chi connectivity index (χ1n) is 12.9. The predicted molar refractivity (Wildman–Crippen MR) is 173 cm³/mol. The monoisotopic (exact) mass is 644 g/mol. The van der Waals surface area contributed by atoms with Crippen LogP contribution >= 0.6 is 31.9 Å². The van der Waals surface area contributed by atoms with E-state index in [1.165, 1.54) is 32.7 Å². The summed E-state index contributed by atoms with van der Waals surface area (Å²) in [7, 11) is 0. The van der Waals surface area contributed by atoms with Gasteiger partial charge in [0.05, 0.1) is 28.3 Å². The van der Waals surface area contributed by atoms with Crippen molar-refractivity contribution in [3.05, 3.63) is 143 Å². The maximum atomic E-state index is 4.37. The van der Waals surface area contributed by atoms with Gasteiger partial charge in [0.15, 0.2) is 0 Å². The number of hydrogen-bond donors (Lipinski definition) is 0. The Bertz CT molecular complexity index is 1980. The Hall–Kier alpha value is -4.26. The normalized spacial score (nSPS) is 11.2. The molecule has 8 aromatic rings. The van der Waals surface area contributed by atoms with E-state index in [0.29, 0.717) is 0 Å². The summed E-state index contributed by atoms with van der Waals surface area (Å²) in [6.45, 7) is 0. The van der Waals surface area contributed by atoms with Gasteiger partial charge in [0, 0.05) is 49.8 Å². The highest BCUT2D eigenvalue weighted by molar-refractivity contribution is 9.11. The van der Waals surface area contributed by atoms with Crippen LogP contribution in [0.1, 0.15) is 0 Å². The topological polar surface area (TPSA) is 35.6 Å². The van der Waals surface area contributed by atoms with Crippen molar-refractivity contribution < 1.29 is 0 Å². The van der Waals surface area contributed by atoms with Crippen LogP contribution in [0.3, 0.4) is 0 Å². The van der Waals surface area contributed by atoms with E-state index < -0.39 is 0 Å². The molecule has 0 amide bonds. The van der Waals surface area contributed by atoms with Crippen LogP contribution in [0.25, 0.3) is 55.0 Å². The van der Waals surface area contributed by atoms with E-state index in [-0.39, 0.29) is 0 Å². The average Bonchev–Trinajstić information content (AvgIpc) is 3.53. The summed E-state index contributed by atoms with van der Waals surface area (Å²) < 4.78 is 6.45. The quantitative estimate of drug-likeness (QED) is 0.175. The van der Waals surface area contributed by atoms with E-state index in [2.05, 4.69) is 154 Å². The SMILES string of the molecule is Brc1cncc2c1c1ccccc1n2-c1ccccc1.Brc1nccc2c1c1ccccc1n2-c1ccccc1. The molecule has 0 N–H and O–H groups in total. The highest BCUT2D eigenvalue weighted by Crippen LogP contribution is 2.36. The standard InChI is InChI=1S/2C17H11BrN2/c18-14-10-19-11-16-17(14)13-8-4-5-9-15(13)20(16)12-6-2-1-3-7-12;18-17-16-13-8-4-5-9-14(13)20(15(16)10-11-19-17)12-6-2-1-3-7-12/h2*1-11H. The van der Waals surface area contributed by atoms with Gasteiger partial charge in [-0.2, -0.15) is 0 Å². The summed E-state index contributed by atoms with van der Waals surface area (Å²) in [6.07, 6.45) is 5.61. The Morgan fingerprint density at radius 3 is 1.62 bits per heavy atom. The molecule has 6 heteroatoms. The summed E-state index contributed by atoms with van der Waals surface area (Å²) in [5.74, 6) is 0. The highest BCUT2D eigenvalue weighted by Gasteiger charge is 2.15. The summed E-state index contributed by atoms with van der Waals surface area (Å²) in [4.78, 5) is 8.69. The Labute approximate surface area is 247 Å². The van der Waals surface area contributed by atoms with Crippen LogP contribution < -0.4 is 0 Å². The minimum absolute atomic E-state index is 0.890. The molecule has 0 radical (unpaired) electrons. The van der Waals surface area contributed by atoms with E-state index >= 15 is 0 Å². The molecule has 0 aliphatic carbocycles. The number of aromatic nitrogens is 4. The second-order valence-corrected chi connectivity index (χ2v) is 11.0. The molecular formula is C34H22Br2N4. The summed E-state index contributed by atoms with van der Waals surface area (Å²) in [5.41, 5.74) is 6.99. The molecule has 4 nitrogen and oxygen atoms in total. The molecule has 0 saturated heterocycles. The van der Waals surface area contributed by atoms with E-state index in [1.807, 2.05) is 30.7 Å². The first kappa shape index (κ1) is 24.8. The lowest BCUT2D eigenvalue weighted by Crippen LogP contribution is -1.93. The third-order valence-corrected chi connectivity index (χ3v) is 8.30. The van der Waals surface area contributed by atoms with E-state index in [9.17, 15) is 0 Å². The molecule has 0 aliphatic heterocycles. The lowest BCUT2D eigenvalue weighted by Gasteiger charge is -2.06. The van der Waals surface area contributed by atoms with Crippen LogP contribution in [-0.4, -0.2) is 19.1 Å². The van der Waals surface area contributed by atoms with Crippen molar-refractivity contribution in [1.82, 2.24) is 19.1 Å². The van der Waals surface area contributed by atoms with Crippen LogP contribution in [0, 0.1) is 0 Å². The summed E-state index contributed by atoms with van der Waals surface area (Å²) >= 11 is 7.21. The van der Waals surface area contributed by atoms with Gasteiger partial charge in [-0.1, -0.05) is 72.8 Å². The van der Waals surface area contributed by atoms with Gasteiger partial charge in [-0.25, -0.2) is 4.98 Å². The van der Waals surface area contributed by atoms with Crippen molar-refractivity contribution in [1.29, 1.82) is 0 Å². The lowest BCUT2D eigenvalue weighted by molar-refractivity contribution is 1.16. The molecule has 4 heterocycles. The molecule has 0 bridgehead atoms. The number of hydrogen-bond acceptors (Lipinski definition) is 2. The number of rotatable bonds is 2. The Balaban J connectivity index is 0.000000132. The summed E-state index contributed by atoms with van der Waals surface area (Å²) in [6, 6.07) is 39.7. The molecule has 0 fully saturated rings. The minimum Gasteiger partial charge on any atom is -0.309 e. The predicted octanol–water partition coefficient (Wildman–Crippen LogP) is 9.88. The molecule has 192 valence electrons. The maximum absolute atomic E-state index is 4.37. The van der Waals surface area contributed by atoms with Gasteiger partial charge in [0.1, 0.15) is 4.60 Å². The molecule has 0 spiro atoms. The molecule has 0 unspecified atom stereocenters. The first-order valence-corrected chi connectivity index (χ1v) is 14.5. The Morgan fingerprint density at radius 2 is 1.00 bits per heavy atom.